The minimum absolute atomic E-state index is 0.0130. The molecule has 1 aromatic heterocycles. The van der Waals surface area contributed by atoms with Crippen LogP contribution in [0.15, 0.2) is 54.6 Å². The van der Waals surface area contributed by atoms with Crippen LogP contribution < -0.4 is 15.0 Å². The van der Waals surface area contributed by atoms with E-state index in [9.17, 15) is 22.8 Å². The summed E-state index contributed by atoms with van der Waals surface area (Å²) in [6, 6.07) is 14.6. The highest BCUT2D eigenvalue weighted by molar-refractivity contribution is 7.12. The van der Waals surface area contributed by atoms with Gasteiger partial charge in [0.1, 0.15) is 22.8 Å². The van der Waals surface area contributed by atoms with Gasteiger partial charge in [-0.1, -0.05) is 37.3 Å². The zero-order valence-corrected chi connectivity index (χ0v) is 24.5. The molecule has 2 aromatic carbocycles. The molecule has 220 valence electrons. The molecule has 0 saturated carbocycles. The Bertz CT molecular complexity index is 1370. The average Bonchev–Trinajstić information content (AvgIpc) is 3.53. The van der Waals surface area contributed by atoms with Crippen molar-refractivity contribution in [3.8, 4) is 16.9 Å². The van der Waals surface area contributed by atoms with E-state index in [0.717, 1.165) is 17.7 Å². The molecule has 4 rings (SSSR count). The summed E-state index contributed by atoms with van der Waals surface area (Å²) in [5, 5.41) is 3.18. The monoisotopic (exact) mass is 588 g/mol. The quantitative estimate of drug-likeness (QED) is 0.258. The third-order valence-electron chi connectivity index (χ3n) is 6.45. The van der Waals surface area contributed by atoms with Crippen molar-refractivity contribution in [2.45, 2.75) is 71.4 Å². The predicted molar refractivity (Wildman–Crippen MR) is 154 cm³/mol. The van der Waals surface area contributed by atoms with Crippen LogP contribution in [0.1, 0.15) is 55.9 Å². The lowest BCUT2D eigenvalue weighted by molar-refractivity contribution is -0.156. The molecular weight excluding hydrogens is 553 g/mol. The van der Waals surface area contributed by atoms with E-state index in [4.69, 9.17) is 9.47 Å². The van der Waals surface area contributed by atoms with Crippen molar-refractivity contribution >= 4 is 28.9 Å². The van der Waals surface area contributed by atoms with Crippen molar-refractivity contribution in [3.05, 3.63) is 69.9 Å². The maximum absolute atomic E-state index is 13.7. The molecular formula is C31H35F3N2O4S. The lowest BCUT2D eigenvalue weighted by Gasteiger charge is -2.26. The molecule has 3 aromatic rings. The van der Waals surface area contributed by atoms with Crippen LogP contribution in [0.2, 0.25) is 0 Å². The molecule has 2 heterocycles. The molecule has 0 radical (unpaired) electrons. The Morgan fingerprint density at radius 3 is 2.46 bits per heavy atom. The van der Waals surface area contributed by atoms with E-state index < -0.39 is 28.7 Å². The first kappa shape index (κ1) is 30.6. The van der Waals surface area contributed by atoms with Gasteiger partial charge in [-0.3, -0.25) is 9.59 Å². The van der Waals surface area contributed by atoms with Crippen LogP contribution >= 0.6 is 11.3 Å². The fourth-order valence-corrected chi connectivity index (χ4v) is 5.67. The number of benzene rings is 2. The van der Waals surface area contributed by atoms with Gasteiger partial charge in [0.05, 0.1) is 12.5 Å². The van der Waals surface area contributed by atoms with Crippen molar-refractivity contribution in [2.24, 2.45) is 0 Å². The number of esters is 1. The lowest BCUT2D eigenvalue weighted by Crippen LogP contribution is -2.48. The largest absolute Gasteiger partial charge is 0.488 e. The normalized spacial score (nSPS) is 14.1. The minimum Gasteiger partial charge on any atom is -0.488 e. The summed E-state index contributed by atoms with van der Waals surface area (Å²) in [5.74, 6) is -0.139. The number of halogens is 3. The number of ether oxygens (including phenoxy) is 2. The molecule has 0 bridgehead atoms. The molecule has 6 nitrogen and oxygen atoms in total. The Labute approximate surface area is 242 Å². The summed E-state index contributed by atoms with van der Waals surface area (Å²) in [4.78, 5) is 27.4. The van der Waals surface area contributed by atoms with E-state index in [1.54, 1.807) is 68.1 Å². The van der Waals surface area contributed by atoms with Crippen LogP contribution in [0.3, 0.4) is 0 Å². The van der Waals surface area contributed by atoms with Gasteiger partial charge in [0.25, 0.3) is 0 Å². The Morgan fingerprint density at radius 2 is 1.80 bits per heavy atom. The SMILES string of the molecule is CCCNC(CC(=O)OC(C)(C)C)C(=O)N1CCc2cc(OCc3cc(-c4ccccc4)c(C(F)(F)F)s3)ccc21. The van der Waals surface area contributed by atoms with Crippen LogP contribution in [0.25, 0.3) is 11.1 Å². The molecule has 1 aliphatic rings. The zero-order valence-electron chi connectivity index (χ0n) is 23.6. The molecule has 10 heteroatoms. The maximum atomic E-state index is 13.7. The second kappa shape index (κ2) is 12.7. The average molecular weight is 589 g/mol. The van der Waals surface area contributed by atoms with Gasteiger partial charge in [-0.25, -0.2) is 0 Å². The summed E-state index contributed by atoms with van der Waals surface area (Å²) in [5.41, 5.74) is 1.63. The van der Waals surface area contributed by atoms with Gasteiger partial charge in [0.2, 0.25) is 5.91 Å². The molecule has 1 atom stereocenters. The van der Waals surface area contributed by atoms with Crippen LogP contribution in [-0.2, 0) is 33.5 Å². The van der Waals surface area contributed by atoms with Crippen LogP contribution in [0.5, 0.6) is 5.75 Å². The number of anilines is 1. The van der Waals surface area contributed by atoms with E-state index in [1.165, 1.54) is 6.07 Å². The standard InChI is InChI=1S/C31H35F3N2O4S/c1-5-14-35-25(18-27(37)40-30(2,3)4)29(38)36-15-13-21-16-22(11-12-26(21)36)39-19-23-17-24(20-9-7-6-8-10-20)28(41-23)31(32,33)34/h6-12,16-17,25,35H,5,13-15,18-19H2,1-4H3. The van der Waals surface area contributed by atoms with E-state index in [1.807, 2.05) is 13.0 Å². The summed E-state index contributed by atoms with van der Waals surface area (Å²) in [6.45, 7) is 8.36. The first-order valence-corrected chi connectivity index (χ1v) is 14.4. The summed E-state index contributed by atoms with van der Waals surface area (Å²) < 4.78 is 52.5. The molecule has 1 N–H and O–H groups in total. The summed E-state index contributed by atoms with van der Waals surface area (Å²) in [7, 11) is 0. The van der Waals surface area contributed by atoms with Gasteiger partial charge < -0.3 is 19.7 Å². The molecule has 41 heavy (non-hydrogen) atoms. The fraction of sp³-hybridized carbons (Fsp3) is 0.419. The van der Waals surface area contributed by atoms with Gasteiger partial charge in [0, 0.05) is 22.7 Å². The van der Waals surface area contributed by atoms with E-state index >= 15 is 0 Å². The number of carbonyl (C=O) groups excluding carboxylic acids is 2. The Morgan fingerprint density at radius 1 is 1.07 bits per heavy atom. The first-order chi connectivity index (χ1) is 19.4. The van der Waals surface area contributed by atoms with E-state index in [2.05, 4.69) is 5.32 Å². The van der Waals surface area contributed by atoms with Crippen molar-refractivity contribution in [2.75, 3.05) is 18.0 Å². The minimum atomic E-state index is -4.47. The van der Waals surface area contributed by atoms with Gasteiger partial charge >= 0.3 is 12.1 Å². The second-order valence-corrected chi connectivity index (χ2v) is 12.1. The third kappa shape index (κ3) is 7.89. The van der Waals surface area contributed by atoms with Crippen molar-refractivity contribution in [1.29, 1.82) is 0 Å². The summed E-state index contributed by atoms with van der Waals surface area (Å²) >= 11 is 0.680. The number of amides is 1. The molecule has 0 aliphatic carbocycles. The zero-order chi connectivity index (χ0) is 29.8. The lowest BCUT2D eigenvalue weighted by atomic mass is 10.1. The number of nitrogens with zero attached hydrogens (tertiary/aromatic N) is 1. The topological polar surface area (TPSA) is 67.9 Å². The molecule has 1 aliphatic heterocycles. The van der Waals surface area contributed by atoms with Gasteiger partial charge in [0.15, 0.2) is 0 Å². The smallest absolute Gasteiger partial charge is 0.426 e. The van der Waals surface area contributed by atoms with E-state index in [0.29, 0.717) is 47.0 Å². The number of nitrogens with one attached hydrogen (secondary N) is 1. The number of fused-ring (bicyclic) bond motifs is 1. The fourth-order valence-electron chi connectivity index (χ4n) is 4.71. The molecule has 0 fully saturated rings. The third-order valence-corrected chi connectivity index (χ3v) is 7.60. The molecule has 1 unspecified atom stereocenters. The summed E-state index contributed by atoms with van der Waals surface area (Å²) in [6.07, 6.45) is -3.14. The Balaban J connectivity index is 1.46. The van der Waals surface area contributed by atoms with Gasteiger partial charge in [-0.05, 0) is 75.5 Å². The molecule has 1 amide bonds. The highest BCUT2D eigenvalue weighted by atomic mass is 32.1. The van der Waals surface area contributed by atoms with Crippen LogP contribution in [0.4, 0.5) is 18.9 Å². The number of hydrogen-bond donors (Lipinski definition) is 1. The molecule has 0 saturated heterocycles. The van der Waals surface area contributed by atoms with Gasteiger partial charge in [-0.2, -0.15) is 13.2 Å². The number of alkyl halides is 3. The van der Waals surface area contributed by atoms with E-state index in [-0.39, 0.29) is 24.5 Å². The number of carbonyl (C=O) groups is 2. The Hall–Kier alpha value is -3.37. The molecule has 0 spiro atoms. The van der Waals surface area contributed by atoms with Crippen molar-refractivity contribution in [3.63, 3.8) is 0 Å². The van der Waals surface area contributed by atoms with Crippen molar-refractivity contribution < 1.29 is 32.2 Å². The number of rotatable bonds is 10. The van der Waals surface area contributed by atoms with Crippen LogP contribution in [-0.4, -0.2) is 36.6 Å². The maximum Gasteiger partial charge on any atom is 0.426 e. The highest BCUT2D eigenvalue weighted by Crippen LogP contribution is 2.43. The number of hydrogen-bond acceptors (Lipinski definition) is 6. The van der Waals surface area contributed by atoms with Gasteiger partial charge in [-0.15, -0.1) is 11.3 Å². The first-order valence-electron chi connectivity index (χ1n) is 13.6. The number of thiophene rings is 1. The van der Waals surface area contributed by atoms with Crippen molar-refractivity contribution in [1.82, 2.24) is 5.32 Å². The second-order valence-electron chi connectivity index (χ2n) is 10.9. The van der Waals surface area contributed by atoms with Crippen LogP contribution in [0, 0.1) is 0 Å². The predicted octanol–water partition coefficient (Wildman–Crippen LogP) is 7.00. The highest BCUT2D eigenvalue weighted by Gasteiger charge is 2.36. The Kier molecular flexibility index (Phi) is 9.44.